The minimum absolute atomic E-state index is 0.0441. The first-order chi connectivity index (χ1) is 12.7. The Morgan fingerprint density at radius 1 is 0.667 bits per heavy atom. The highest BCUT2D eigenvalue weighted by Gasteiger charge is 2.19. The molecule has 0 bridgehead atoms. The van der Waals surface area contributed by atoms with Gasteiger partial charge >= 0.3 is 0 Å². The number of nitro benzene ring substituents is 2. The molecule has 0 spiro atoms. The third-order valence-electron chi connectivity index (χ3n) is 4.56. The molecule has 0 aliphatic rings. The van der Waals surface area contributed by atoms with Gasteiger partial charge in [-0.3, -0.25) is 20.2 Å². The summed E-state index contributed by atoms with van der Waals surface area (Å²) in [4.78, 5) is 21.2. The van der Waals surface area contributed by atoms with E-state index in [0.29, 0.717) is 11.5 Å². The van der Waals surface area contributed by atoms with Crippen molar-refractivity contribution in [1.29, 1.82) is 0 Å². The molecule has 1 heterocycles. The van der Waals surface area contributed by atoms with Crippen molar-refractivity contribution in [2.45, 2.75) is 27.7 Å². The Balaban J connectivity index is 2.09. The summed E-state index contributed by atoms with van der Waals surface area (Å²) >= 11 is 0. The van der Waals surface area contributed by atoms with Crippen molar-refractivity contribution in [2.24, 2.45) is 0 Å². The van der Waals surface area contributed by atoms with Crippen LogP contribution in [0.5, 0.6) is 0 Å². The Kier molecular flexibility index (Phi) is 4.53. The van der Waals surface area contributed by atoms with Crippen molar-refractivity contribution < 1.29 is 14.3 Å². The summed E-state index contributed by atoms with van der Waals surface area (Å²) in [6, 6.07) is 9.72. The number of nitrogens with zero attached hydrogens (tertiary/aromatic N) is 2. The zero-order valence-corrected chi connectivity index (χ0v) is 15.4. The maximum atomic E-state index is 11.0. The molecule has 0 fully saturated rings. The number of non-ortho nitro benzene ring substituents is 2. The van der Waals surface area contributed by atoms with E-state index in [1.165, 1.54) is 24.3 Å². The predicted molar refractivity (Wildman–Crippen MR) is 102 cm³/mol. The summed E-state index contributed by atoms with van der Waals surface area (Å²) in [7, 11) is 0. The van der Waals surface area contributed by atoms with E-state index in [2.05, 4.69) is 0 Å². The third-order valence-corrected chi connectivity index (χ3v) is 4.56. The standard InChI is InChI=1S/C20H18N2O5/c1-11-7-15(21(23)24)8-12(2)19(11)17-5-6-18(27-17)20-13(3)9-16(22(25)26)10-14(20)4/h5-10H,1-4H3. The number of hydrogen-bond donors (Lipinski definition) is 0. The van der Waals surface area contributed by atoms with E-state index in [1.54, 1.807) is 27.7 Å². The smallest absolute Gasteiger partial charge is 0.270 e. The van der Waals surface area contributed by atoms with Crippen molar-refractivity contribution in [1.82, 2.24) is 0 Å². The molecule has 0 aliphatic carbocycles. The van der Waals surface area contributed by atoms with Gasteiger partial charge in [0.1, 0.15) is 11.5 Å². The first kappa shape index (κ1) is 18.3. The average Bonchev–Trinajstić information content (AvgIpc) is 3.02. The third kappa shape index (κ3) is 3.31. The number of rotatable bonds is 4. The topological polar surface area (TPSA) is 99.4 Å². The van der Waals surface area contributed by atoms with E-state index in [4.69, 9.17) is 4.42 Å². The fraction of sp³-hybridized carbons (Fsp3) is 0.200. The van der Waals surface area contributed by atoms with Crippen LogP contribution in [0.3, 0.4) is 0 Å². The van der Waals surface area contributed by atoms with Gasteiger partial charge in [-0.25, -0.2) is 0 Å². The normalized spacial score (nSPS) is 10.8. The van der Waals surface area contributed by atoms with Gasteiger partial charge in [0, 0.05) is 35.4 Å². The van der Waals surface area contributed by atoms with Gasteiger partial charge in [-0.2, -0.15) is 0 Å². The van der Waals surface area contributed by atoms with Crippen LogP contribution >= 0.6 is 0 Å². The summed E-state index contributed by atoms with van der Waals surface area (Å²) < 4.78 is 6.04. The molecule has 138 valence electrons. The minimum atomic E-state index is -0.416. The molecule has 3 rings (SSSR count). The van der Waals surface area contributed by atoms with E-state index in [0.717, 1.165) is 33.4 Å². The van der Waals surface area contributed by atoms with Crippen molar-refractivity contribution in [3.63, 3.8) is 0 Å². The fourth-order valence-electron chi connectivity index (χ4n) is 3.48. The van der Waals surface area contributed by atoms with Crippen molar-refractivity contribution in [2.75, 3.05) is 0 Å². The van der Waals surface area contributed by atoms with Gasteiger partial charge in [-0.15, -0.1) is 0 Å². The summed E-state index contributed by atoms with van der Waals surface area (Å²) in [6.45, 7) is 7.22. The molecule has 27 heavy (non-hydrogen) atoms. The summed E-state index contributed by atoms with van der Waals surface area (Å²) in [5, 5.41) is 22.1. The quantitative estimate of drug-likeness (QED) is 0.438. The van der Waals surface area contributed by atoms with Crippen LogP contribution in [0, 0.1) is 47.9 Å². The van der Waals surface area contributed by atoms with Crippen LogP contribution in [0.4, 0.5) is 11.4 Å². The van der Waals surface area contributed by atoms with Crippen molar-refractivity contribution in [3.05, 3.63) is 78.9 Å². The fourth-order valence-corrected chi connectivity index (χ4v) is 3.48. The molecule has 0 atom stereocenters. The molecule has 7 heteroatoms. The predicted octanol–water partition coefficient (Wildman–Crippen LogP) is 5.66. The second kappa shape index (κ2) is 6.68. The summed E-state index contributed by atoms with van der Waals surface area (Å²) in [6.07, 6.45) is 0. The van der Waals surface area contributed by atoms with Gasteiger partial charge in [-0.1, -0.05) is 0 Å². The van der Waals surface area contributed by atoms with E-state index in [9.17, 15) is 20.2 Å². The number of hydrogen-bond acceptors (Lipinski definition) is 5. The molecular weight excluding hydrogens is 348 g/mol. The van der Waals surface area contributed by atoms with Gasteiger partial charge in [0.05, 0.1) is 9.85 Å². The minimum Gasteiger partial charge on any atom is -0.456 e. The molecule has 0 saturated heterocycles. The lowest BCUT2D eigenvalue weighted by atomic mass is 9.99. The Morgan fingerprint density at radius 2 is 0.963 bits per heavy atom. The number of furan rings is 1. The van der Waals surface area contributed by atoms with Crippen molar-refractivity contribution >= 4 is 11.4 Å². The van der Waals surface area contributed by atoms with Crippen LogP contribution < -0.4 is 0 Å². The first-order valence-electron chi connectivity index (χ1n) is 8.31. The average molecular weight is 366 g/mol. The van der Waals surface area contributed by atoms with Crippen LogP contribution in [0.1, 0.15) is 22.3 Å². The monoisotopic (exact) mass is 366 g/mol. The largest absolute Gasteiger partial charge is 0.456 e. The molecular formula is C20H18N2O5. The highest BCUT2D eigenvalue weighted by atomic mass is 16.6. The Hall–Kier alpha value is -3.48. The van der Waals surface area contributed by atoms with Gasteiger partial charge in [-0.05, 0) is 62.1 Å². The lowest BCUT2D eigenvalue weighted by molar-refractivity contribution is -0.385. The lowest BCUT2D eigenvalue weighted by Gasteiger charge is -2.09. The van der Waals surface area contributed by atoms with Crippen LogP contribution in [0.15, 0.2) is 40.8 Å². The molecule has 1 aromatic heterocycles. The number of benzene rings is 2. The maximum Gasteiger partial charge on any atom is 0.270 e. The van der Waals surface area contributed by atoms with Crippen molar-refractivity contribution in [3.8, 4) is 22.6 Å². The van der Waals surface area contributed by atoms with E-state index in [-0.39, 0.29) is 11.4 Å². The van der Waals surface area contributed by atoms with Gasteiger partial charge in [0.25, 0.3) is 11.4 Å². The molecule has 0 N–H and O–H groups in total. The van der Waals surface area contributed by atoms with Gasteiger partial charge in [0.2, 0.25) is 0 Å². The first-order valence-corrected chi connectivity index (χ1v) is 8.31. The molecule has 3 aromatic rings. The van der Waals surface area contributed by atoms with Crippen LogP contribution in [-0.4, -0.2) is 9.85 Å². The maximum absolute atomic E-state index is 11.0. The molecule has 0 unspecified atom stereocenters. The number of nitro groups is 2. The Bertz CT molecular complexity index is 952. The van der Waals surface area contributed by atoms with Crippen LogP contribution in [0.25, 0.3) is 22.6 Å². The molecule has 7 nitrogen and oxygen atoms in total. The number of aryl methyl sites for hydroxylation is 4. The molecule has 0 radical (unpaired) electrons. The molecule has 0 amide bonds. The van der Waals surface area contributed by atoms with E-state index in [1.807, 2.05) is 12.1 Å². The van der Waals surface area contributed by atoms with Crippen LogP contribution in [-0.2, 0) is 0 Å². The molecule has 0 saturated carbocycles. The Labute approximate surface area is 155 Å². The van der Waals surface area contributed by atoms with Gasteiger partial charge < -0.3 is 4.42 Å². The Morgan fingerprint density at radius 3 is 1.22 bits per heavy atom. The van der Waals surface area contributed by atoms with Crippen LogP contribution in [0.2, 0.25) is 0 Å². The molecule has 2 aromatic carbocycles. The lowest BCUT2D eigenvalue weighted by Crippen LogP contribution is -1.94. The van der Waals surface area contributed by atoms with E-state index < -0.39 is 9.85 Å². The summed E-state index contributed by atoms with van der Waals surface area (Å²) in [5.41, 5.74) is 4.71. The highest BCUT2D eigenvalue weighted by molar-refractivity contribution is 5.74. The van der Waals surface area contributed by atoms with E-state index >= 15 is 0 Å². The molecule has 0 aliphatic heterocycles. The zero-order valence-electron chi connectivity index (χ0n) is 15.4. The highest BCUT2D eigenvalue weighted by Crippen LogP contribution is 2.37. The second-order valence-electron chi connectivity index (χ2n) is 6.59. The van der Waals surface area contributed by atoms with Gasteiger partial charge in [0.15, 0.2) is 0 Å². The SMILES string of the molecule is Cc1cc([N+](=O)[O-])cc(C)c1-c1ccc(-c2c(C)cc([N+](=O)[O-])cc2C)o1. The summed E-state index contributed by atoms with van der Waals surface area (Å²) in [5.74, 6) is 1.21. The zero-order chi connectivity index (χ0) is 19.9. The second-order valence-corrected chi connectivity index (χ2v) is 6.59.